The highest BCUT2D eigenvalue weighted by Crippen LogP contribution is 2.22. The molecule has 31 heavy (non-hydrogen) atoms. The number of nitrogens with one attached hydrogen (secondary N) is 1. The minimum atomic E-state index is -0.265. The highest BCUT2D eigenvalue weighted by Gasteiger charge is 2.08. The number of aromatic nitrogens is 1. The fourth-order valence-corrected chi connectivity index (χ4v) is 3.13. The van der Waals surface area contributed by atoms with E-state index in [-0.39, 0.29) is 11.7 Å². The van der Waals surface area contributed by atoms with E-state index in [1.165, 1.54) is 6.20 Å². The number of Topliss-reactive ketones (excluding diaryl/α,β-unsaturated/α-hetero) is 1. The van der Waals surface area contributed by atoms with Gasteiger partial charge < -0.3 is 15.0 Å². The Morgan fingerprint density at radius 1 is 0.968 bits per heavy atom. The van der Waals surface area contributed by atoms with E-state index in [2.05, 4.69) is 16.4 Å². The Bertz CT molecular complexity index is 1050. The van der Waals surface area contributed by atoms with Gasteiger partial charge in [0, 0.05) is 51.9 Å². The van der Waals surface area contributed by atoms with E-state index < -0.39 is 0 Å². The maximum Gasteiger partial charge on any atom is 0.269 e. The number of aryl methyl sites for hydroxylation is 1. The fraction of sp³-hybridized carbons (Fsp3) is 0.240. The number of amides is 1. The number of ketones is 1. The van der Waals surface area contributed by atoms with Gasteiger partial charge in [0.1, 0.15) is 23.0 Å². The molecule has 1 heterocycles. The van der Waals surface area contributed by atoms with Gasteiger partial charge in [-0.15, -0.1) is 0 Å². The summed E-state index contributed by atoms with van der Waals surface area (Å²) in [6.45, 7) is 0. The molecule has 0 saturated carbocycles. The van der Waals surface area contributed by atoms with Crippen molar-refractivity contribution in [1.82, 2.24) is 10.3 Å². The lowest BCUT2D eigenvalue weighted by Gasteiger charge is -2.13. The Balaban J connectivity index is 1.53. The summed E-state index contributed by atoms with van der Waals surface area (Å²) in [4.78, 5) is 30.2. The maximum absolute atomic E-state index is 12.4. The Kier molecular flexibility index (Phi) is 7.38. The number of hydrogen-bond acceptors (Lipinski definition) is 5. The quantitative estimate of drug-likeness (QED) is 0.569. The summed E-state index contributed by atoms with van der Waals surface area (Å²) in [7, 11) is 5.54. The van der Waals surface area contributed by atoms with Gasteiger partial charge in [-0.05, 0) is 47.9 Å². The highest BCUT2D eigenvalue weighted by atomic mass is 16.5. The third-order valence-electron chi connectivity index (χ3n) is 4.87. The number of hydrogen-bond donors (Lipinski definition) is 1. The van der Waals surface area contributed by atoms with Crippen LogP contribution in [0.1, 0.15) is 28.0 Å². The zero-order valence-corrected chi connectivity index (χ0v) is 18.1. The first-order valence-corrected chi connectivity index (χ1v) is 10.2. The molecule has 0 aliphatic rings. The molecule has 0 saturated heterocycles. The van der Waals surface area contributed by atoms with Crippen molar-refractivity contribution in [2.75, 3.05) is 26.0 Å². The van der Waals surface area contributed by atoms with Crippen molar-refractivity contribution in [2.24, 2.45) is 0 Å². The molecular formula is C25H27N3O3. The molecule has 0 unspecified atom stereocenters. The number of rotatable bonds is 9. The van der Waals surface area contributed by atoms with Gasteiger partial charge in [-0.2, -0.15) is 0 Å². The normalized spacial score (nSPS) is 10.4. The smallest absolute Gasteiger partial charge is 0.269 e. The molecule has 160 valence electrons. The number of ether oxygens (including phenoxy) is 1. The predicted molar refractivity (Wildman–Crippen MR) is 122 cm³/mol. The van der Waals surface area contributed by atoms with Gasteiger partial charge in [0.05, 0.1) is 0 Å². The third kappa shape index (κ3) is 6.40. The van der Waals surface area contributed by atoms with Crippen molar-refractivity contribution in [1.29, 1.82) is 0 Å². The maximum atomic E-state index is 12.4. The second kappa shape index (κ2) is 10.4. The molecule has 1 N–H and O–H groups in total. The van der Waals surface area contributed by atoms with E-state index in [0.29, 0.717) is 36.5 Å². The topological polar surface area (TPSA) is 71.5 Å². The Labute approximate surface area is 182 Å². The number of carbonyl (C=O) groups is 2. The average molecular weight is 418 g/mol. The van der Waals surface area contributed by atoms with Crippen LogP contribution in [0.15, 0.2) is 66.9 Å². The molecule has 1 aromatic heterocycles. The van der Waals surface area contributed by atoms with Crippen molar-refractivity contribution in [2.45, 2.75) is 19.3 Å². The molecule has 2 aromatic carbocycles. The van der Waals surface area contributed by atoms with Crippen LogP contribution in [0.4, 0.5) is 5.69 Å². The lowest BCUT2D eigenvalue weighted by atomic mass is 10.0. The first-order valence-electron chi connectivity index (χ1n) is 10.2. The molecule has 0 aliphatic carbocycles. The summed E-state index contributed by atoms with van der Waals surface area (Å²) in [5.41, 5.74) is 3.50. The van der Waals surface area contributed by atoms with Crippen LogP contribution in [-0.2, 0) is 17.6 Å². The zero-order chi connectivity index (χ0) is 22.2. The monoisotopic (exact) mass is 417 g/mol. The van der Waals surface area contributed by atoms with Crippen LogP contribution in [0.2, 0.25) is 0 Å². The first kappa shape index (κ1) is 22.0. The first-order chi connectivity index (χ1) is 14.9. The number of anilines is 1. The van der Waals surface area contributed by atoms with Gasteiger partial charge in [-0.1, -0.05) is 24.3 Å². The van der Waals surface area contributed by atoms with Crippen LogP contribution in [0.3, 0.4) is 0 Å². The van der Waals surface area contributed by atoms with Gasteiger partial charge in [-0.3, -0.25) is 14.6 Å². The van der Waals surface area contributed by atoms with Crippen molar-refractivity contribution in [3.05, 3.63) is 83.7 Å². The third-order valence-corrected chi connectivity index (χ3v) is 4.87. The zero-order valence-electron chi connectivity index (χ0n) is 18.1. The molecule has 0 aliphatic heterocycles. The van der Waals surface area contributed by atoms with Crippen LogP contribution in [0.25, 0.3) is 0 Å². The van der Waals surface area contributed by atoms with E-state index in [4.69, 9.17) is 4.74 Å². The minimum absolute atomic E-state index is 0.217. The summed E-state index contributed by atoms with van der Waals surface area (Å²) in [6.07, 6.45) is 3.15. The molecule has 0 radical (unpaired) electrons. The van der Waals surface area contributed by atoms with Crippen molar-refractivity contribution >= 4 is 17.4 Å². The largest absolute Gasteiger partial charge is 0.457 e. The number of nitrogens with zero attached hydrogens (tertiary/aromatic N) is 2. The standard InChI is InChI=1S/C25H27N3O3/c1-26-25(30)24-17-23(13-14-27-24)31-22-11-8-18(9-12-22)7-10-21(29)16-19-5-4-6-20(15-19)28(2)3/h4-6,8-9,11-15,17H,7,10,16H2,1-3H3,(H,26,30). The van der Waals surface area contributed by atoms with Crippen molar-refractivity contribution in [3.8, 4) is 11.5 Å². The van der Waals surface area contributed by atoms with E-state index in [1.54, 1.807) is 19.2 Å². The molecule has 0 spiro atoms. The summed E-state index contributed by atoms with van der Waals surface area (Å²) >= 11 is 0. The van der Waals surface area contributed by atoms with Gasteiger partial charge in [0.25, 0.3) is 5.91 Å². The molecular weight excluding hydrogens is 390 g/mol. The average Bonchev–Trinajstić information content (AvgIpc) is 2.78. The summed E-state index contributed by atoms with van der Waals surface area (Å²) in [5.74, 6) is 1.15. The van der Waals surface area contributed by atoms with Crippen LogP contribution in [-0.4, -0.2) is 37.8 Å². The van der Waals surface area contributed by atoms with Crippen LogP contribution >= 0.6 is 0 Å². The van der Waals surface area contributed by atoms with E-state index in [9.17, 15) is 9.59 Å². The molecule has 1 amide bonds. The van der Waals surface area contributed by atoms with Gasteiger partial charge in [-0.25, -0.2) is 0 Å². The lowest BCUT2D eigenvalue weighted by Crippen LogP contribution is -2.18. The number of pyridine rings is 1. The highest BCUT2D eigenvalue weighted by molar-refractivity contribution is 5.92. The molecule has 0 fully saturated rings. The molecule has 3 rings (SSSR count). The van der Waals surface area contributed by atoms with Crippen LogP contribution < -0.4 is 15.0 Å². The Morgan fingerprint density at radius 2 is 1.74 bits per heavy atom. The summed E-state index contributed by atoms with van der Waals surface area (Å²) in [5, 5.41) is 2.54. The van der Waals surface area contributed by atoms with Gasteiger partial charge in [0.15, 0.2) is 0 Å². The molecule has 0 bridgehead atoms. The molecule has 0 atom stereocenters. The number of benzene rings is 2. The second-order valence-electron chi connectivity index (χ2n) is 7.48. The Morgan fingerprint density at radius 3 is 2.45 bits per heavy atom. The van der Waals surface area contributed by atoms with Crippen LogP contribution in [0.5, 0.6) is 11.5 Å². The molecule has 3 aromatic rings. The summed E-state index contributed by atoms with van der Waals surface area (Å²) < 4.78 is 5.81. The minimum Gasteiger partial charge on any atom is -0.457 e. The van der Waals surface area contributed by atoms with Gasteiger partial charge in [0.2, 0.25) is 0 Å². The van der Waals surface area contributed by atoms with Crippen LogP contribution in [0, 0.1) is 0 Å². The number of carbonyl (C=O) groups excluding carboxylic acids is 2. The summed E-state index contributed by atoms with van der Waals surface area (Å²) in [6, 6.07) is 19.0. The SMILES string of the molecule is CNC(=O)c1cc(Oc2ccc(CCC(=O)Cc3cccc(N(C)C)c3)cc2)ccn1. The van der Waals surface area contributed by atoms with E-state index in [0.717, 1.165) is 16.8 Å². The fourth-order valence-electron chi connectivity index (χ4n) is 3.13. The van der Waals surface area contributed by atoms with E-state index >= 15 is 0 Å². The lowest BCUT2D eigenvalue weighted by molar-refractivity contribution is -0.118. The van der Waals surface area contributed by atoms with Crippen molar-refractivity contribution < 1.29 is 14.3 Å². The molecule has 6 heteroatoms. The predicted octanol–water partition coefficient (Wildman–Crippen LogP) is 4.04. The second-order valence-corrected chi connectivity index (χ2v) is 7.48. The molecule has 6 nitrogen and oxygen atoms in total. The van der Waals surface area contributed by atoms with E-state index in [1.807, 2.05) is 61.5 Å². The Hall–Kier alpha value is -3.67. The van der Waals surface area contributed by atoms with Gasteiger partial charge >= 0.3 is 0 Å². The van der Waals surface area contributed by atoms with Crippen molar-refractivity contribution in [3.63, 3.8) is 0 Å².